The molecule has 0 saturated heterocycles. The molecule has 0 aromatic rings. The quantitative estimate of drug-likeness (QED) is 0.306. The van der Waals surface area contributed by atoms with Crippen LogP contribution >= 0.6 is 0 Å². The highest BCUT2D eigenvalue weighted by molar-refractivity contribution is 4.92. The van der Waals surface area contributed by atoms with E-state index in [4.69, 9.17) is 12.2 Å². The van der Waals surface area contributed by atoms with E-state index in [-0.39, 0.29) is 0 Å². The van der Waals surface area contributed by atoms with Crippen molar-refractivity contribution >= 4 is 0 Å². The van der Waals surface area contributed by atoms with Crippen molar-refractivity contribution in [3.63, 3.8) is 0 Å². The highest BCUT2D eigenvalue weighted by Gasteiger charge is 1.86. The van der Waals surface area contributed by atoms with Crippen molar-refractivity contribution < 1.29 is 0 Å². The van der Waals surface area contributed by atoms with Crippen LogP contribution in [0.4, 0.5) is 0 Å². The molecule has 0 heterocycles. The van der Waals surface area contributed by atoms with Gasteiger partial charge in [-0.3, -0.25) is 5.43 Å². The van der Waals surface area contributed by atoms with Crippen LogP contribution in [0.2, 0.25) is 0 Å². The molecule has 9 heavy (non-hydrogen) atoms. The van der Waals surface area contributed by atoms with Gasteiger partial charge in [-0.15, -0.1) is 0 Å². The van der Waals surface area contributed by atoms with Gasteiger partial charge in [-0.1, -0.05) is 6.42 Å². The van der Waals surface area contributed by atoms with Crippen molar-refractivity contribution in [1.82, 2.24) is 10.4 Å². The Morgan fingerprint density at radius 3 is 2.78 bits per heavy atom. The molecule has 3 N–H and O–H groups in total. The maximum atomic E-state index is 5.36. The van der Waals surface area contributed by atoms with Crippen LogP contribution in [0.3, 0.4) is 0 Å². The van der Waals surface area contributed by atoms with Gasteiger partial charge >= 0.3 is 0 Å². The topological polar surface area (TPSA) is 41.3 Å². The molecule has 0 spiro atoms. The average Bonchev–Trinajstić information content (AvgIpc) is 1.87. The number of hydrogen-bond donors (Lipinski definition) is 2. The number of rotatable bonds is 2. The molecule has 0 aliphatic carbocycles. The molecule has 0 aromatic carbocycles. The molecule has 0 aromatic heterocycles. The predicted octanol–water partition coefficient (Wildman–Crippen LogP) is -0.167. The second kappa shape index (κ2) is 3.67. The van der Waals surface area contributed by atoms with Gasteiger partial charge in [-0.25, -0.2) is 5.01 Å². The Labute approximate surface area is 55.5 Å². The molecular formula is C6H11N3. The van der Waals surface area contributed by atoms with E-state index in [0.717, 1.165) is 0 Å². The molecule has 0 amide bonds. The Balaban J connectivity index is 3.63. The van der Waals surface area contributed by atoms with Crippen molar-refractivity contribution in [3.8, 4) is 12.5 Å². The van der Waals surface area contributed by atoms with Gasteiger partial charge in [0, 0.05) is 13.1 Å². The summed E-state index contributed by atoms with van der Waals surface area (Å²) < 4.78 is 0. The number of nitrogens with two attached hydrogens (primary N) is 1. The van der Waals surface area contributed by atoms with Crippen LogP contribution in [-0.2, 0) is 0 Å². The van der Waals surface area contributed by atoms with Crippen molar-refractivity contribution in [2.45, 2.75) is 6.92 Å². The van der Waals surface area contributed by atoms with Gasteiger partial charge in [0.1, 0.15) is 5.82 Å². The Hall–Kier alpha value is -1.30. The lowest BCUT2D eigenvalue weighted by Crippen LogP contribution is -2.32. The molecule has 0 aliphatic rings. The summed E-state index contributed by atoms with van der Waals surface area (Å²) in [6.07, 6.45) is 6.74. The molecule has 0 rings (SSSR count). The second-order valence-corrected chi connectivity index (χ2v) is 1.54. The van der Waals surface area contributed by atoms with Crippen molar-refractivity contribution in [1.29, 1.82) is 0 Å². The van der Waals surface area contributed by atoms with Crippen LogP contribution in [0.15, 0.2) is 11.9 Å². The minimum atomic E-state index is 0.551. The minimum Gasteiger partial charge on any atom is -0.384 e. The zero-order valence-corrected chi connectivity index (χ0v) is 5.68. The third-order valence-electron chi connectivity index (χ3n) is 0.801. The van der Waals surface area contributed by atoms with E-state index in [1.165, 1.54) is 5.01 Å². The Morgan fingerprint density at radius 1 is 1.89 bits per heavy atom. The van der Waals surface area contributed by atoms with Crippen LogP contribution in [0.25, 0.3) is 0 Å². The van der Waals surface area contributed by atoms with E-state index in [1.807, 2.05) is 6.92 Å². The SMILES string of the molecule is C#CN(C)N/C(N)=C\C. The fraction of sp³-hybridized carbons (Fsp3) is 0.333. The molecule has 50 valence electrons. The summed E-state index contributed by atoms with van der Waals surface area (Å²) in [4.78, 5) is 0. The first-order valence-corrected chi connectivity index (χ1v) is 2.59. The molecule has 0 unspecified atom stereocenters. The van der Waals surface area contributed by atoms with Gasteiger partial charge in [0.05, 0.1) is 0 Å². The van der Waals surface area contributed by atoms with E-state index in [0.29, 0.717) is 5.82 Å². The fourth-order valence-electron chi connectivity index (χ4n) is 0.290. The van der Waals surface area contributed by atoms with Crippen LogP contribution in [0, 0.1) is 12.5 Å². The number of nitrogens with zero attached hydrogens (tertiary/aromatic N) is 1. The van der Waals surface area contributed by atoms with Crippen molar-refractivity contribution in [3.05, 3.63) is 11.9 Å². The first-order chi connectivity index (χ1) is 4.20. The lowest BCUT2D eigenvalue weighted by molar-refractivity contribution is 0.391. The van der Waals surface area contributed by atoms with Crippen LogP contribution in [0.1, 0.15) is 6.92 Å². The largest absolute Gasteiger partial charge is 0.384 e. The lowest BCUT2D eigenvalue weighted by Gasteiger charge is -2.12. The first-order valence-electron chi connectivity index (χ1n) is 2.59. The van der Waals surface area contributed by atoms with Gasteiger partial charge in [-0.05, 0) is 13.0 Å². The van der Waals surface area contributed by atoms with E-state index >= 15 is 0 Å². The van der Waals surface area contributed by atoms with Gasteiger partial charge in [-0.2, -0.15) is 0 Å². The second-order valence-electron chi connectivity index (χ2n) is 1.54. The summed E-state index contributed by atoms with van der Waals surface area (Å²) in [5.41, 5.74) is 8.08. The summed E-state index contributed by atoms with van der Waals surface area (Å²) >= 11 is 0. The lowest BCUT2D eigenvalue weighted by atomic mass is 10.6. The molecule has 0 bridgehead atoms. The molecular weight excluding hydrogens is 114 g/mol. The van der Waals surface area contributed by atoms with E-state index in [2.05, 4.69) is 11.5 Å². The van der Waals surface area contributed by atoms with Gasteiger partial charge in [0.2, 0.25) is 0 Å². The van der Waals surface area contributed by atoms with Gasteiger partial charge < -0.3 is 5.73 Å². The Morgan fingerprint density at radius 2 is 2.44 bits per heavy atom. The molecule has 0 saturated carbocycles. The summed E-state index contributed by atoms with van der Waals surface area (Å²) in [6, 6.07) is 2.33. The minimum absolute atomic E-state index is 0.551. The van der Waals surface area contributed by atoms with E-state index in [9.17, 15) is 0 Å². The summed E-state index contributed by atoms with van der Waals surface area (Å²) in [6.45, 7) is 1.83. The summed E-state index contributed by atoms with van der Waals surface area (Å²) in [7, 11) is 1.70. The number of allylic oxidation sites excluding steroid dienone is 1. The van der Waals surface area contributed by atoms with Crippen LogP contribution in [0.5, 0.6) is 0 Å². The number of hydrogen-bond acceptors (Lipinski definition) is 3. The zero-order chi connectivity index (χ0) is 7.28. The Kier molecular flexibility index (Phi) is 3.14. The molecule has 0 atom stereocenters. The molecule has 0 aliphatic heterocycles. The molecule has 0 fully saturated rings. The van der Waals surface area contributed by atoms with Crippen molar-refractivity contribution in [2.24, 2.45) is 5.73 Å². The maximum absolute atomic E-state index is 5.36. The number of terminal acetylenes is 1. The number of hydrazine groups is 1. The smallest absolute Gasteiger partial charge is 0.111 e. The average molecular weight is 125 g/mol. The maximum Gasteiger partial charge on any atom is 0.111 e. The van der Waals surface area contributed by atoms with Crippen LogP contribution < -0.4 is 11.2 Å². The standard InChI is InChI=1S/C6H11N3/c1-4-6(7)8-9(3)5-2/h2,4,8H,7H2,1,3H3/b6-4-. The highest BCUT2D eigenvalue weighted by Crippen LogP contribution is 1.76. The molecule has 3 nitrogen and oxygen atoms in total. The molecule has 0 radical (unpaired) electrons. The number of nitrogens with one attached hydrogen (secondary N) is 1. The van der Waals surface area contributed by atoms with Gasteiger partial charge in [0.25, 0.3) is 0 Å². The van der Waals surface area contributed by atoms with Crippen LogP contribution in [-0.4, -0.2) is 12.1 Å². The van der Waals surface area contributed by atoms with Crippen molar-refractivity contribution in [2.75, 3.05) is 7.05 Å². The predicted molar refractivity (Wildman–Crippen MR) is 37.7 cm³/mol. The summed E-state index contributed by atoms with van der Waals surface area (Å²) in [5, 5.41) is 1.44. The van der Waals surface area contributed by atoms with E-state index < -0.39 is 0 Å². The highest BCUT2D eigenvalue weighted by atomic mass is 15.5. The van der Waals surface area contributed by atoms with Gasteiger partial charge in [0.15, 0.2) is 0 Å². The fourth-order valence-corrected chi connectivity index (χ4v) is 0.290. The van der Waals surface area contributed by atoms with E-state index in [1.54, 1.807) is 13.1 Å². The summed E-state index contributed by atoms with van der Waals surface area (Å²) in [5.74, 6) is 0.551. The third kappa shape index (κ3) is 3.30. The Bertz CT molecular complexity index is 143. The molecule has 3 heteroatoms. The normalized spacial score (nSPS) is 10.1. The monoisotopic (exact) mass is 125 g/mol. The zero-order valence-electron chi connectivity index (χ0n) is 5.68. The first kappa shape index (κ1) is 7.70. The third-order valence-corrected chi connectivity index (χ3v) is 0.801.